The smallest absolute Gasteiger partial charge is 0.390 e. The van der Waals surface area contributed by atoms with Gasteiger partial charge in [-0.15, -0.1) is 0 Å². The number of aliphatic hydroxyl groups is 1. The Balaban J connectivity index is 2.35. The topological polar surface area (TPSA) is 35.5 Å². The van der Waals surface area contributed by atoms with Gasteiger partial charge in [-0.05, 0) is 30.8 Å². The maximum Gasteiger partial charge on any atom is 0.416 e. The van der Waals surface area contributed by atoms with Crippen LogP contribution < -0.4 is 5.32 Å². The molecule has 2 N–H and O–H groups in total. The van der Waals surface area contributed by atoms with Crippen LogP contribution >= 0.6 is 0 Å². The first-order valence-electron chi connectivity index (χ1n) is 7.14. The molecule has 1 aromatic carbocycles. The Morgan fingerprint density at radius 3 is 2.19 bits per heavy atom. The van der Waals surface area contributed by atoms with Crippen molar-refractivity contribution in [3.8, 4) is 0 Å². The van der Waals surface area contributed by atoms with Crippen molar-refractivity contribution in [2.45, 2.75) is 32.7 Å². The number of rotatable bonds is 8. The molecule has 0 bridgehead atoms. The van der Waals surface area contributed by atoms with E-state index in [1.165, 1.54) is 12.1 Å². The Morgan fingerprint density at radius 1 is 1.14 bits per heavy atom. The van der Waals surface area contributed by atoms with Gasteiger partial charge in [0.15, 0.2) is 0 Å². The number of hydrogen-bond acceptors (Lipinski definition) is 3. The van der Waals surface area contributed by atoms with Crippen LogP contribution in [0.25, 0.3) is 0 Å². The van der Waals surface area contributed by atoms with Crippen LogP contribution in [0.1, 0.15) is 25.0 Å². The molecule has 6 heteroatoms. The zero-order chi connectivity index (χ0) is 15.9. The van der Waals surface area contributed by atoms with Gasteiger partial charge in [-0.25, -0.2) is 0 Å². The Bertz CT molecular complexity index is 402. The molecule has 0 fully saturated rings. The second-order valence-corrected chi connectivity index (χ2v) is 4.97. The van der Waals surface area contributed by atoms with E-state index in [1.807, 2.05) is 13.8 Å². The molecule has 0 saturated carbocycles. The van der Waals surface area contributed by atoms with Gasteiger partial charge in [-0.2, -0.15) is 13.2 Å². The fraction of sp³-hybridized carbons (Fsp3) is 0.600. The van der Waals surface area contributed by atoms with Gasteiger partial charge in [0, 0.05) is 19.6 Å². The van der Waals surface area contributed by atoms with Gasteiger partial charge in [0.05, 0.1) is 11.7 Å². The Labute approximate surface area is 123 Å². The predicted octanol–water partition coefficient (Wildman–Crippen LogP) is 2.50. The van der Waals surface area contributed by atoms with Crippen LogP contribution in [0.4, 0.5) is 13.2 Å². The first kappa shape index (κ1) is 17.9. The average Bonchev–Trinajstić information content (AvgIpc) is 2.44. The van der Waals surface area contributed by atoms with Gasteiger partial charge < -0.3 is 15.3 Å². The summed E-state index contributed by atoms with van der Waals surface area (Å²) in [6, 6.07) is 5.05. The molecule has 0 saturated heterocycles. The highest BCUT2D eigenvalue weighted by Crippen LogP contribution is 2.28. The third kappa shape index (κ3) is 6.46. The van der Waals surface area contributed by atoms with Crippen molar-refractivity contribution in [2.24, 2.45) is 0 Å². The predicted molar refractivity (Wildman–Crippen MR) is 76.9 cm³/mol. The largest absolute Gasteiger partial charge is 0.416 e. The molecule has 0 aliphatic rings. The van der Waals surface area contributed by atoms with Crippen LogP contribution in [0.3, 0.4) is 0 Å². The van der Waals surface area contributed by atoms with Crippen molar-refractivity contribution in [3.63, 3.8) is 0 Å². The minimum absolute atomic E-state index is 0.414. The van der Waals surface area contributed by atoms with Crippen LogP contribution in [-0.4, -0.2) is 42.3 Å². The summed E-state index contributed by atoms with van der Waals surface area (Å²) in [6.07, 6.45) is -4.79. The van der Waals surface area contributed by atoms with E-state index in [0.717, 1.165) is 30.8 Å². The van der Waals surface area contributed by atoms with E-state index in [4.69, 9.17) is 0 Å². The first-order valence-corrected chi connectivity index (χ1v) is 7.14. The highest BCUT2D eigenvalue weighted by molar-refractivity contribution is 5.24. The number of hydrogen-bond donors (Lipinski definition) is 2. The summed E-state index contributed by atoms with van der Waals surface area (Å²) in [5, 5.41) is 12.9. The first-order chi connectivity index (χ1) is 9.86. The molecule has 3 nitrogen and oxygen atoms in total. The van der Waals surface area contributed by atoms with Gasteiger partial charge in [0.1, 0.15) is 0 Å². The quantitative estimate of drug-likeness (QED) is 0.774. The van der Waals surface area contributed by atoms with E-state index >= 15 is 0 Å². The minimum Gasteiger partial charge on any atom is -0.390 e. The molecule has 0 aliphatic carbocycles. The van der Waals surface area contributed by atoms with Gasteiger partial charge in [0.2, 0.25) is 0 Å². The summed E-state index contributed by atoms with van der Waals surface area (Å²) in [7, 11) is 0. The summed E-state index contributed by atoms with van der Waals surface area (Å²) in [5.41, 5.74) is 0.117. The summed E-state index contributed by atoms with van der Waals surface area (Å²) in [6.45, 7) is 7.27. The molecule has 1 aromatic rings. The van der Waals surface area contributed by atoms with E-state index in [0.29, 0.717) is 19.6 Å². The summed E-state index contributed by atoms with van der Waals surface area (Å²) >= 11 is 0. The molecule has 0 aromatic heterocycles. The summed E-state index contributed by atoms with van der Waals surface area (Å²) in [5.74, 6) is 0. The van der Waals surface area contributed by atoms with Gasteiger partial charge in [-0.1, -0.05) is 26.0 Å². The van der Waals surface area contributed by atoms with E-state index in [-0.39, 0.29) is 0 Å². The molecular formula is C15H23F3N2O. The number of halogens is 3. The standard InChI is InChI=1S/C15H23F3N2O/c1-3-20(4-2)11-14(21)10-19-9-12-5-7-13(8-6-12)15(16,17)18/h5-8,14,19,21H,3-4,9-11H2,1-2H3. The van der Waals surface area contributed by atoms with Crippen molar-refractivity contribution in [1.82, 2.24) is 10.2 Å². The molecule has 1 unspecified atom stereocenters. The summed E-state index contributed by atoms with van der Waals surface area (Å²) in [4.78, 5) is 2.12. The van der Waals surface area contributed by atoms with E-state index in [9.17, 15) is 18.3 Å². The lowest BCUT2D eigenvalue weighted by molar-refractivity contribution is -0.137. The van der Waals surface area contributed by atoms with Crippen molar-refractivity contribution in [2.75, 3.05) is 26.2 Å². The van der Waals surface area contributed by atoms with Crippen LogP contribution in [0.15, 0.2) is 24.3 Å². The fourth-order valence-electron chi connectivity index (χ4n) is 2.04. The van der Waals surface area contributed by atoms with Crippen LogP contribution in [-0.2, 0) is 12.7 Å². The molecular weight excluding hydrogens is 281 g/mol. The number of nitrogens with one attached hydrogen (secondary N) is 1. The van der Waals surface area contributed by atoms with E-state index in [2.05, 4.69) is 10.2 Å². The Hall–Kier alpha value is -1.11. The molecule has 1 rings (SSSR count). The number of alkyl halides is 3. The lowest BCUT2D eigenvalue weighted by Gasteiger charge is -2.22. The maximum atomic E-state index is 12.4. The molecule has 0 spiro atoms. The summed E-state index contributed by atoms with van der Waals surface area (Å²) < 4.78 is 37.2. The fourth-order valence-corrected chi connectivity index (χ4v) is 2.04. The zero-order valence-electron chi connectivity index (χ0n) is 12.5. The van der Waals surface area contributed by atoms with Crippen LogP contribution in [0.2, 0.25) is 0 Å². The third-order valence-electron chi connectivity index (χ3n) is 3.35. The maximum absolute atomic E-state index is 12.4. The van der Waals surface area contributed by atoms with Crippen LogP contribution in [0, 0.1) is 0 Å². The van der Waals surface area contributed by atoms with E-state index < -0.39 is 17.8 Å². The molecule has 0 heterocycles. The van der Waals surface area contributed by atoms with Crippen molar-refractivity contribution in [3.05, 3.63) is 35.4 Å². The minimum atomic E-state index is -4.30. The number of aliphatic hydroxyl groups excluding tert-OH is 1. The van der Waals surface area contributed by atoms with Gasteiger partial charge in [-0.3, -0.25) is 0 Å². The molecule has 0 aliphatic heterocycles. The lowest BCUT2D eigenvalue weighted by atomic mass is 10.1. The second-order valence-electron chi connectivity index (χ2n) is 4.97. The van der Waals surface area contributed by atoms with Crippen molar-refractivity contribution < 1.29 is 18.3 Å². The molecule has 21 heavy (non-hydrogen) atoms. The molecule has 120 valence electrons. The molecule has 0 radical (unpaired) electrons. The number of benzene rings is 1. The van der Waals surface area contributed by atoms with Gasteiger partial charge >= 0.3 is 6.18 Å². The lowest BCUT2D eigenvalue weighted by Crippen LogP contribution is -2.38. The van der Waals surface area contributed by atoms with Crippen molar-refractivity contribution in [1.29, 1.82) is 0 Å². The van der Waals surface area contributed by atoms with Gasteiger partial charge in [0.25, 0.3) is 0 Å². The highest BCUT2D eigenvalue weighted by atomic mass is 19.4. The third-order valence-corrected chi connectivity index (χ3v) is 3.35. The SMILES string of the molecule is CCN(CC)CC(O)CNCc1ccc(C(F)(F)F)cc1. The highest BCUT2D eigenvalue weighted by Gasteiger charge is 2.29. The number of nitrogens with zero attached hydrogens (tertiary/aromatic N) is 1. The van der Waals surface area contributed by atoms with Crippen molar-refractivity contribution >= 4 is 0 Å². The Kier molecular flexibility index (Phi) is 7.14. The zero-order valence-corrected chi connectivity index (χ0v) is 12.5. The van der Waals surface area contributed by atoms with Crippen LogP contribution in [0.5, 0.6) is 0 Å². The molecule has 1 atom stereocenters. The monoisotopic (exact) mass is 304 g/mol. The van der Waals surface area contributed by atoms with E-state index in [1.54, 1.807) is 0 Å². The number of likely N-dealkylation sites (N-methyl/N-ethyl adjacent to an activating group) is 1. The normalized spacial score (nSPS) is 13.7. The Morgan fingerprint density at radius 2 is 1.71 bits per heavy atom. The second kappa shape index (κ2) is 8.36. The molecule has 0 amide bonds. The average molecular weight is 304 g/mol.